The minimum absolute atomic E-state index is 0. The van der Waals surface area contributed by atoms with Crippen LogP contribution in [0.3, 0.4) is 0 Å². The van der Waals surface area contributed by atoms with E-state index in [2.05, 4.69) is 66.4 Å². The normalized spacial score (nSPS) is 16.9. The third-order valence-electron chi connectivity index (χ3n) is 6.13. The van der Waals surface area contributed by atoms with Crippen molar-refractivity contribution < 1.29 is 0 Å². The molecule has 2 aromatic carbocycles. The maximum absolute atomic E-state index is 6.63. The van der Waals surface area contributed by atoms with Crippen LogP contribution in [0.1, 0.15) is 50.7 Å². The van der Waals surface area contributed by atoms with Crippen LogP contribution in [0, 0.1) is 12.3 Å². The number of fused-ring (bicyclic) bond motifs is 1. The molecule has 1 aliphatic rings. The molecule has 0 atom stereocenters. The first-order valence-corrected chi connectivity index (χ1v) is 10.3. The van der Waals surface area contributed by atoms with Crippen LogP contribution in [0.4, 0.5) is 0 Å². The first-order valence-electron chi connectivity index (χ1n) is 9.88. The van der Waals surface area contributed by atoms with E-state index in [1.807, 2.05) is 0 Å². The van der Waals surface area contributed by atoms with Gasteiger partial charge in [-0.3, -0.25) is 0 Å². The average molecular weight is 418 g/mol. The molecule has 28 heavy (non-hydrogen) atoms. The van der Waals surface area contributed by atoms with Crippen LogP contribution in [-0.4, -0.2) is 16.0 Å². The van der Waals surface area contributed by atoms with Crippen molar-refractivity contribution in [1.29, 1.82) is 0 Å². The van der Waals surface area contributed by atoms with Crippen molar-refractivity contribution in [3.05, 3.63) is 52.8 Å². The van der Waals surface area contributed by atoms with Gasteiger partial charge in [0, 0.05) is 17.6 Å². The van der Waals surface area contributed by atoms with Gasteiger partial charge >= 0.3 is 0 Å². The highest BCUT2D eigenvalue weighted by atomic mass is 35.5. The van der Waals surface area contributed by atoms with Gasteiger partial charge in [0.1, 0.15) is 0 Å². The molecule has 3 aromatic rings. The zero-order chi connectivity index (χ0) is 19.0. The fourth-order valence-electron chi connectivity index (χ4n) is 4.18. The predicted octanol–water partition coefficient (Wildman–Crippen LogP) is 6.67. The van der Waals surface area contributed by atoms with Crippen LogP contribution in [-0.2, 0) is 6.54 Å². The Labute approximate surface area is 178 Å². The summed E-state index contributed by atoms with van der Waals surface area (Å²) in [6.07, 6.45) is 6.85. The summed E-state index contributed by atoms with van der Waals surface area (Å²) < 4.78 is 0. The summed E-state index contributed by atoms with van der Waals surface area (Å²) in [4.78, 5) is 7.60. The van der Waals surface area contributed by atoms with E-state index < -0.39 is 0 Å². The molecule has 1 heterocycles. The molecular formula is C23H29Cl2N3. The molecule has 150 valence electrons. The van der Waals surface area contributed by atoms with E-state index in [0.29, 0.717) is 11.5 Å². The highest BCUT2D eigenvalue weighted by Crippen LogP contribution is 2.35. The van der Waals surface area contributed by atoms with Gasteiger partial charge in [0.25, 0.3) is 0 Å². The maximum Gasteiger partial charge on any atom is 0.0931 e. The van der Waals surface area contributed by atoms with Gasteiger partial charge in [-0.2, -0.15) is 0 Å². The number of rotatable bonds is 4. The van der Waals surface area contributed by atoms with Crippen LogP contribution in [0.2, 0.25) is 5.02 Å². The fraction of sp³-hybridized carbons (Fsp3) is 0.435. The number of aryl methyl sites for hydroxylation is 1. The number of halogens is 2. The second kappa shape index (κ2) is 8.44. The predicted molar refractivity (Wildman–Crippen MR) is 121 cm³/mol. The lowest BCUT2D eigenvalue weighted by atomic mass is 9.75. The highest BCUT2D eigenvalue weighted by Gasteiger charge is 2.26. The molecule has 0 unspecified atom stereocenters. The number of hydrogen-bond acceptors (Lipinski definition) is 2. The Morgan fingerprint density at radius 3 is 2.64 bits per heavy atom. The lowest BCUT2D eigenvalue weighted by Gasteiger charge is -2.34. The van der Waals surface area contributed by atoms with Crippen molar-refractivity contribution in [2.75, 3.05) is 0 Å². The number of imidazole rings is 1. The van der Waals surface area contributed by atoms with E-state index in [4.69, 9.17) is 11.6 Å². The van der Waals surface area contributed by atoms with Crippen molar-refractivity contribution >= 4 is 35.0 Å². The summed E-state index contributed by atoms with van der Waals surface area (Å²) in [7, 11) is 0. The molecule has 1 aliphatic carbocycles. The van der Waals surface area contributed by atoms with Crippen molar-refractivity contribution in [2.24, 2.45) is 5.41 Å². The van der Waals surface area contributed by atoms with Gasteiger partial charge in [0.15, 0.2) is 0 Å². The first kappa shape index (κ1) is 21.2. The van der Waals surface area contributed by atoms with Crippen molar-refractivity contribution in [2.45, 2.75) is 59.0 Å². The van der Waals surface area contributed by atoms with Crippen molar-refractivity contribution in [3.63, 3.8) is 0 Å². The van der Waals surface area contributed by atoms with Gasteiger partial charge in [-0.25, -0.2) is 4.98 Å². The lowest BCUT2D eigenvalue weighted by Crippen LogP contribution is -2.35. The zero-order valence-corrected chi connectivity index (χ0v) is 18.4. The minimum Gasteiger partial charge on any atom is -0.345 e. The average Bonchev–Trinajstić information content (AvgIpc) is 3.12. The molecule has 0 aliphatic heterocycles. The number of aromatic amines is 1. The molecule has 1 fully saturated rings. The highest BCUT2D eigenvalue weighted by molar-refractivity contribution is 6.31. The van der Waals surface area contributed by atoms with Gasteiger partial charge in [0.2, 0.25) is 0 Å². The number of nitrogens with zero attached hydrogens (tertiary/aromatic N) is 1. The summed E-state index contributed by atoms with van der Waals surface area (Å²) >= 11 is 6.63. The second-order valence-corrected chi connectivity index (χ2v) is 9.07. The van der Waals surface area contributed by atoms with E-state index >= 15 is 0 Å². The molecule has 3 nitrogen and oxygen atoms in total. The number of benzene rings is 2. The molecule has 4 rings (SSSR count). The molecule has 1 aromatic heterocycles. The van der Waals surface area contributed by atoms with Gasteiger partial charge in [-0.05, 0) is 72.4 Å². The maximum atomic E-state index is 6.63. The fourth-order valence-corrected chi connectivity index (χ4v) is 4.43. The van der Waals surface area contributed by atoms with Crippen LogP contribution < -0.4 is 5.32 Å². The Hall–Kier alpha value is -1.55. The Kier molecular flexibility index (Phi) is 6.38. The summed E-state index contributed by atoms with van der Waals surface area (Å²) in [5.41, 5.74) is 7.28. The molecule has 0 saturated heterocycles. The molecular weight excluding hydrogens is 389 g/mol. The van der Waals surface area contributed by atoms with Crippen LogP contribution >= 0.6 is 24.0 Å². The third kappa shape index (κ3) is 4.37. The van der Waals surface area contributed by atoms with Crippen LogP contribution in [0.15, 0.2) is 36.7 Å². The number of aromatic nitrogens is 2. The van der Waals surface area contributed by atoms with Crippen molar-refractivity contribution in [3.8, 4) is 11.1 Å². The molecule has 0 bridgehead atoms. The first-order chi connectivity index (χ1) is 12.9. The summed E-state index contributed by atoms with van der Waals surface area (Å²) in [6, 6.07) is 11.3. The molecule has 0 amide bonds. The zero-order valence-electron chi connectivity index (χ0n) is 16.8. The van der Waals surface area contributed by atoms with Gasteiger partial charge < -0.3 is 10.3 Å². The van der Waals surface area contributed by atoms with Gasteiger partial charge in [-0.1, -0.05) is 43.6 Å². The minimum atomic E-state index is 0. The molecule has 2 N–H and O–H groups in total. The standard InChI is InChI=1S/C23H28ClN3.ClH/c1-15-19(6-7-21-22(15)27-14-26-21)16-4-5-17(20(24)12-16)13-25-18-8-10-23(2,3)11-9-18;/h4-7,12,14,18,25H,8-11,13H2,1-3H3,(H,26,27);1H. The van der Waals surface area contributed by atoms with E-state index in [9.17, 15) is 0 Å². The van der Waals surface area contributed by atoms with E-state index in [-0.39, 0.29) is 12.4 Å². The number of H-pyrrole nitrogens is 1. The van der Waals surface area contributed by atoms with Crippen molar-refractivity contribution in [1.82, 2.24) is 15.3 Å². The summed E-state index contributed by atoms with van der Waals surface area (Å²) in [5.74, 6) is 0. The smallest absolute Gasteiger partial charge is 0.0931 e. The Balaban J connectivity index is 0.00000225. The monoisotopic (exact) mass is 417 g/mol. The topological polar surface area (TPSA) is 40.7 Å². The Bertz CT molecular complexity index is 952. The molecule has 1 saturated carbocycles. The lowest BCUT2D eigenvalue weighted by molar-refractivity contribution is 0.206. The van der Waals surface area contributed by atoms with Crippen LogP contribution in [0.25, 0.3) is 22.2 Å². The van der Waals surface area contributed by atoms with E-state index in [1.54, 1.807) is 6.33 Å². The SMILES string of the molecule is Cc1c(-c2ccc(CNC3CCC(C)(C)CC3)c(Cl)c2)ccc2[nH]cnc12.Cl. The molecule has 0 spiro atoms. The summed E-state index contributed by atoms with van der Waals surface area (Å²) in [5, 5.41) is 4.54. The summed E-state index contributed by atoms with van der Waals surface area (Å²) in [6.45, 7) is 7.70. The number of nitrogens with one attached hydrogen (secondary N) is 2. The third-order valence-corrected chi connectivity index (χ3v) is 6.48. The Morgan fingerprint density at radius 1 is 1.18 bits per heavy atom. The number of hydrogen-bond donors (Lipinski definition) is 2. The van der Waals surface area contributed by atoms with Crippen LogP contribution in [0.5, 0.6) is 0 Å². The Morgan fingerprint density at radius 2 is 1.93 bits per heavy atom. The van der Waals surface area contributed by atoms with E-state index in [1.165, 1.54) is 42.4 Å². The molecule has 0 radical (unpaired) electrons. The second-order valence-electron chi connectivity index (χ2n) is 8.66. The molecule has 5 heteroatoms. The quantitative estimate of drug-likeness (QED) is 0.497. The largest absolute Gasteiger partial charge is 0.345 e. The van der Waals surface area contributed by atoms with Gasteiger partial charge in [0.05, 0.1) is 17.4 Å². The van der Waals surface area contributed by atoms with Gasteiger partial charge in [-0.15, -0.1) is 12.4 Å². The van der Waals surface area contributed by atoms with E-state index in [0.717, 1.165) is 28.2 Å².